The second-order valence-corrected chi connectivity index (χ2v) is 4.60. The van der Waals surface area contributed by atoms with Gasteiger partial charge in [-0.15, -0.1) is 0 Å². The Balaban J connectivity index is 2.15. The minimum Gasteiger partial charge on any atom is -0.466 e. The SMILES string of the molecule is CCOC(=O)CC1CC(N)Cc2ccccc21. The van der Waals surface area contributed by atoms with E-state index in [-0.39, 0.29) is 17.9 Å². The highest BCUT2D eigenvalue weighted by molar-refractivity contribution is 5.70. The molecule has 0 amide bonds. The zero-order valence-corrected chi connectivity index (χ0v) is 10.2. The summed E-state index contributed by atoms with van der Waals surface area (Å²) in [5, 5.41) is 0. The molecule has 0 spiro atoms. The minimum absolute atomic E-state index is 0.124. The fourth-order valence-electron chi connectivity index (χ4n) is 2.59. The lowest BCUT2D eigenvalue weighted by Gasteiger charge is -2.29. The molecule has 0 saturated carbocycles. The number of esters is 1. The van der Waals surface area contributed by atoms with Crippen LogP contribution in [0.4, 0.5) is 0 Å². The maximum absolute atomic E-state index is 11.6. The van der Waals surface area contributed by atoms with Gasteiger partial charge in [-0.05, 0) is 36.8 Å². The zero-order chi connectivity index (χ0) is 12.3. The number of rotatable bonds is 3. The van der Waals surface area contributed by atoms with Crippen LogP contribution in [0.15, 0.2) is 24.3 Å². The number of fused-ring (bicyclic) bond motifs is 1. The molecule has 0 heterocycles. The van der Waals surface area contributed by atoms with Gasteiger partial charge in [0.05, 0.1) is 13.0 Å². The standard InChI is InChI=1S/C14H19NO2/c1-2-17-14(16)9-11-8-12(15)7-10-5-3-4-6-13(10)11/h3-6,11-12H,2,7-9,15H2,1H3. The predicted molar refractivity (Wildman–Crippen MR) is 66.7 cm³/mol. The Morgan fingerprint density at radius 1 is 1.47 bits per heavy atom. The minimum atomic E-state index is -0.124. The molecule has 0 saturated heterocycles. The van der Waals surface area contributed by atoms with E-state index < -0.39 is 0 Å². The lowest BCUT2D eigenvalue weighted by molar-refractivity contribution is -0.143. The quantitative estimate of drug-likeness (QED) is 0.812. The Hall–Kier alpha value is -1.35. The van der Waals surface area contributed by atoms with Crippen LogP contribution in [0.2, 0.25) is 0 Å². The van der Waals surface area contributed by atoms with Gasteiger partial charge in [-0.1, -0.05) is 24.3 Å². The lowest BCUT2D eigenvalue weighted by atomic mass is 9.79. The van der Waals surface area contributed by atoms with Crippen molar-refractivity contribution < 1.29 is 9.53 Å². The van der Waals surface area contributed by atoms with Crippen LogP contribution >= 0.6 is 0 Å². The van der Waals surface area contributed by atoms with Crippen LogP contribution in [0.1, 0.15) is 36.8 Å². The average molecular weight is 233 g/mol. The first-order valence-corrected chi connectivity index (χ1v) is 6.19. The smallest absolute Gasteiger partial charge is 0.306 e. The highest BCUT2D eigenvalue weighted by Gasteiger charge is 2.26. The lowest BCUT2D eigenvalue weighted by Crippen LogP contribution is -2.31. The number of hydrogen-bond acceptors (Lipinski definition) is 3. The summed E-state index contributed by atoms with van der Waals surface area (Å²) in [4.78, 5) is 11.6. The summed E-state index contributed by atoms with van der Waals surface area (Å²) in [5.41, 5.74) is 8.58. The van der Waals surface area contributed by atoms with Crippen LogP contribution in [0.3, 0.4) is 0 Å². The van der Waals surface area contributed by atoms with Crippen molar-refractivity contribution in [2.75, 3.05) is 6.61 Å². The van der Waals surface area contributed by atoms with Crippen molar-refractivity contribution in [1.29, 1.82) is 0 Å². The summed E-state index contributed by atoms with van der Waals surface area (Å²) in [6, 6.07) is 8.41. The fraction of sp³-hybridized carbons (Fsp3) is 0.500. The summed E-state index contributed by atoms with van der Waals surface area (Å²) < 4.78 is 5.02. The van der Waals surface area contributed by atoms with Gasteiger partial charge in [-0.25, -0.2) is 0 Å². The normalized spacial score (nSPS) is 22.9. The van der Waals surface area contributed by atoms with Crippen LogP contribution in [0, 0.1) is 0 Å². The van der Waals surface area contributed by atoms with Gasteiger partial charge >= 0.3 is 5.97 Å². The van der Waals surface area contributed by atoms with E-state index in [2.05, 4.69) is 12.1 Å². The molecule has 1 aliphatic carbocycles. The Labute approximate surface area is 102 Å². The largest absolute Gasteiger partial charge is 0.466 e. The van der Waals surface area contributed by atoms with Crippen molar-refractivity contribution in [3.8, 4) is 0 Å². The summed E-state index contributed by atoms with van der Waals surface area (Å²) in [6.45, 7) is 2.28. The molecule has 0 bridgehead atoms. The third kappa shape index (κ3) is 2.86. The molecule has 2 N–H and O–H groups in total. The number of hydrogen-bond donors (Lipinski definition) is 1. The molecule has 2 atom stereocenters. The van der Waals surface area contributed by atoms with E-state index in [1.54, 1.807) is 0 Å². The van der Waals surface area contributed by atoms with Crippen LogP contribution in [0.25, 0.3) is 0 Å². The summed E-state index contributed by atoms with van der Waals surface area (Å²) >= 11 is 0. The van der Waals surface area contributed by atoms with Crippen LogP contribution in [-0.4, -0.2) is 18.6 Å². The molecule has 3 heteroatoms. The second-order valence-electron chi connectivity index (χ2n) is 4.60. The molecule has 2 rings (SSSR count). The van der Waals surface area contributed by atoms with E-state index in [1.807, 2.05) is 19.1 Å². The molecule has 0 fully saturated rings. The first-order valence-electron chi connectivity index (χ1n) is 6.19. The first kappa shape index (κ1) is 12.1. The van der Waals surface area contributed by atoms with Gasteiger partial charge in [0.1, 0.15) is 0 Å². The molecular weight excluding hydrogens is 214 g/mol. The summed E-state index contributed by atoms with van der Waals surface area (Å²) in [6.07, 6.45) is 2.23. The van der Waals surface area contributed by atoms with Crippen molar-refractivity contribution in [2.45, 2.75) is 38.1 Å². The third-order valence-electron chi connectivity index (χ3n) is 3.28. The van der Waals surface area contributed by atoms with E-state index >= 15 is 0 Å². The molecule has 3 nitrogen and oxygen atoms in total. The summed E-state index contributed by atoms with van der Waals surface area (Å²) in [7, 11) is 0. The van der Waals surface area contributed by atoms with E-state index in [0.29, 0.717) is 13.0 Å². The first-order chi connectivity index (χ1) is 8.20. The fourth-order valence-corrected chi connectivity index (χ4v) is 2.59. The van der Waals surface area contributed by atoms with E-state index in [0.717, 1.165) is 12.8 Å². The van der Waals surface area contributed by atoms with E-state index in [4.69, 9.17) is 10.5 Å². The highest BCUT2D eigenvalue weighted by atomic mass is 16.5. The van der Waals surface area contributed by atoms with Gasteiger partial charge in [0.15, 0.2) is 0 Å². The van der Waals surface area contributed by atoms with Crippen molar-refractivity contribution in [2.24, 2.45) is 5.73 Å². The molecule has 17 heavy (non-hydrogen) atoms. The molecule has 1 aromatic rings. The predicted octanol–water partition coefficient (Wildman–Crippen LogP) is 2.00. The number of benzene rings is 1. The van der Waals surface area contributed by atoms with Gasteiger partial charge in [-0.3, -0.25) is 4.79 Å². The topological polar surface area (TPSA) is 52.3 Å². The molecule has 92 valence electrons. The van der Waals surface area contributed by atoms with E-state index in [9.17, 15) is 4.79 Å². The molecule has 0 aromatic heterocycles. The van der Waals surface area contributed by atoms with Gasteiger partial charge in [0, 0.05) is 6.04 Å². The average Bonchev–Trinajstić information content (AvgIpc) is 2.29. The number of carbonyl (C=O) groups is 1. The van der Waals surface area contributed by atoms with Gasteiger partial charge in [0.25, 0.3) is 0 Å². The van der Waals surface area contributed by atoms with E-state index in [1.165, 1.54) is 11.1 Å². The van der Waals surface area contributed by atoms with Gasteiger partial charge in [0.2, 0.25) is 0 Å². The number of nitrogens with two attached hydrogens (primary N) is 1. The summed E-state index contributed by atoms with van der Waals surface area (Å²) in [5.74, 6) is 0.0930. The van der Waals surface area contributed by atoms with Crippen LogP contribution in [0.5, 0.6) is 0 Å². The highest BCUT2D eigenvalue weighted by Crippen LogP contribution is 2.33. The number of ether oxygens (including phenoxy) is 1. The van der Waals surface area contributed by atoms with Crippen molar-refractivity contribution in [3.63, 3.8) is 0 Å². The molecule has 0 radical (unpaired) electrons. The van der Waals surface area contributed by atoms with Crippen molar-refractivity contribution in [1.82, 2.24) is 0 Å². The molecule has 0 aliphatic heterocycles. The Morgan fingerprint density at radius 2 is 2.24 bits per heavy atom. The van der Waals surface area contributed by atoms with Crippen molar-refractivity contribution in [3.05, 3.63) is 35.4 Å². The van der Waals surface area contributed by atoms with Crippen molar-refractivity contribution >= 4 is 5.97 Å². The maximum atomic E-state index is 11.6. The Bertz CT molecular complexity index is 403. The second kappa shape index (κ2) is 5.32. The number of carbonyl (C=O) groups excluding carboxylic acids is 1. The Kier molecular flexibility index (Phi) is 3.79. The van der Waals surface area contributed by atoms with Crippen LogP contribution in [-0.2, 0) is 16.0 Å². The monoisotopic (exact) mass is 233 g/mol. The molecule has 1 aliphatic rings. The third-order valence-corrected chi connectivity index (χ3v) is 3.28. The Morgan fingerprint density at radius 3 is 3.00 bits per heavy atom. The molecule has 2 unspecified atom stereocenters. The van der Waals surface area contributed by atoms with Gasteiger partial charge in [-0.2, -0.15) is 0 Å². The zero-order valence-electron chi connectivity index (χ0n) is 10.2. The molecule has 1 aromatic carbocycles. The van der Waals surface area contributed by atoms with Gasteiger partial charge < -0.3 is 10.5 Å². The molecular formula is C14H19NO2. The maximum Gasteiger partial charge on any atom is 0.306 e. The van der Waals surface area contributed by atoms with Crippen LogP contribution < -0.4 is 5.73 Å².